The van der Waals surface area contributed by atoms with Gasteiger partial charge >= 0.3 is 5.69 Å². The van der Waals surface area contributed by atoms with Crippen LogP contribution in [0.1, 0.15) is 50.2 Å². The Labute approximate surface area is 128 Å². The number of H-pyrrole nitrogens is 1. The standard InChI is InChI=1S/C14H21N3O3S/c1-6-14(4,5)17-10(19)7-21-12-11(9(3)18)8(2)15-13(20)16-12/h6-7H2,1-5H3,(H,17,19)(H,15,16,20). The smallest absolute Gasteiger partial charge is 0.346 e. The molecule has 0 atom stereocenters. The van der Waals surface area contributed by atoms with E-state index in [2.05, 4.69) is 15.3 Å². The summed E-state index contributed by atoms with van der Waals surface area (Å²) >= 11 is 1.10. The number of hydrogen-bond acceptors (Lipinski definition) is 5. The Morgan fingerprint density at radius 3 is 2.52 bits per heavy atom. The molecule has 1 heterocycles. The minimum absolute atomic E-state index is 0.111. The van der Waals surface area contributed by atoms with Crippen molar-refractivity contribution in [3.05, 3.63) is 21.7 Å². The van der Waals surface area contributed by atoms with Crippen LogP contribution in [0.2, 0.25) is 0 Å². The molecule has 0 saturated carbocycles. The number of nitrogens with zero attached hydrogens (tertiary/aromatic N) is 1. The van der Waals surface area contributed by atoms with E-state index >= 15 is 0 Å². The van der Waals surface area contributed by atoms with Crippen molar-refractivity contribution in [2.24, 2.45) is 0 Å². The lowest BCUT2D eigenvalue weighted by molar-refractivity contribution is -0.120. The molecule has 2 N–H and O–H groups in total. The maximum absolute atomic E-state index is 11.9. The van der Waals surface area contributed by atoms with Gasteiger partial charge in [-0.2, -0.15) is 4.98 Å². The van der Waals surface area contributed by atoms with Gasteiger partial charge in [0.2, 0.25) is 5.91 Å². The molecule has 7 heteroatoms. The molecular formula is C14H21N3O3S. The molecule has 0 aliphatic carbocycles. The minimum Gasteiger partial charge on any atom is -0.351 e. The molecule has 0 aliphatic rings. The van der Waals surface area contributed by atoms with Gasteiger partial charge in [-0.25, -0.2) is 4.79 Å². The lowest BCUT2D eigenvalue weighted by Crippen LogP contribution is -2.43. The molecule has 1 aromatic rings. The van der Waals surface area contributed by atoms with Crippen LogP contribution in [0.5, 0.6) is 0 Å². The van der Waals surface area contributed by atoms with E-state index in [0.717, 1.165) is 18.2 Å². The van der Waals surface area contributed by atoms with Crippen LogP contribution in [0.4, 0.5) is 0 Å². The number of rotatable bonds is 6. The van der Waals surface area contributed by atoms with Crippen molar-refractivity contribution in [2.45, 2.75) is 51.6 Å². The van der Waals surface area contributed by atoms with Gasteiger partial charge in [0, 0.05) is 11.2 Å². The summed E-state index contributed by atoms with van der Waals surface area (Å²) in [5.41, 5.74) is 0.0363. The summed E-state index contributed by atoms with van der Waals surface area (Å²) in [5, 5.41) is 3.19. The molecule has 21 heavy (non-hydrogen) atoms. The maximum Gasteiger partial charge on any atom is 0.346 e. The zero-order chi connectivity index (χ0) is 16.2. The zero-order valence-electron chi connectivity index (χ0n) is 13.0. The summed E-state index contributed by atoms with van der Waals surface area (Å²) in [4.78, 5) is 41.3. The minimum atomic E-state index is -0.519. The number of hydrogen-bond donors (Lipinski definition) is 2. The second kappa shape index (κ2) is 6.89. The van der Waals surface area contributed by atoms with Crippen molar-refractivity contribution < 1.29 is 9.59 Å². The third-order valence-corrected chi connectivity index (χ3v) is 4.12. The predicted molar refractivity (Wildman–Crippen MR) is 82.8 cm³/mol. The van der Waals surface area contributed by atoms with Gasteiger partial charge in [0.05, 0.1) is 11.3 Å². The number of ketones is 1. The zero-order valence-corrected chi connectivity index (χ0v) is 13.8. The fourth-order valence-corrected chi connectivity index (χ4v) is 2.64. The monoisotopic (exact) mass is 311 g/mol. The fourth-order valence-electron chi connectivity index (χ4n) is 1.71. The van der Waals surface area contributed by atoms with Gasteiger partial charge in [0.1, 0.15) is 5.03 Å². The molecule has 0 radical (unpaired) electrons. The van der Waals surface area contributed by atoms with Crippen LogP contribution in [0, 0.1) is 6.92 Å². The van der Waals surface area contributed by atoms with Crippen molar-refractivity contribution in [1.29, 1.82) is 0 Å². The molecule has 1 amide bonds. The number of carbonyl (C=O) groups excluding carboxylic acids is 2. The van der Waals surface area contributed by atoms with Crippen LogP contribution in [0.3, 0.4) is 0 Å². The van der Waals surface area contributed by atoms with E-state index in [1.54, 1.807) is 6.92 Å². The summed E-state index contributed by atoms with van der Waals surface area (Å²) in [7, 11) is 0. The molecule has 0 aromatic carbocycles. The van der Waals surface area contributed by atoms with E-state index in [0.29, 0.717) is 16.3 Å². The Morgan fingerprint density at radius 1 is 1.38 bits per heavy atom. The first-order valence-corrected chi connectivity index (χ1v) is 7.70. The van der Waals surface area contributed by atoms with Crippen LogP contribution in [0.15, 0.2) is 9.82 Å². The maximum atomic E-state index is 11.9. The van der Waals surface area contributed by atoms with Crippen molar-refractivity contribution in [2.75, 3.05) is 5.75 Å². The van der Waals surface area contributed by atoms with E-state index < -0.39 is 5.69 Å². The highest BCUT2D eigenvalue weighted by atomic mass is 32.2. The van der Waals surface area contributed by atoms with E-state index in [-0.39, 0.29) is 23.0 Å². The largest absolute Gasteiger partial charge is 0.351 e. The number of aromatic amines is 1. The Balaban J connectivity index is 2.87. The van der Waals surface area contributed by atoms with Gasteiger partial charge < -0.3 is 10.3 Å². The van der Waals surface area contributed by atoms with Crippen molar-refractivity contribution >= 4 is 23.5 Å². The number of Topliss-reactive ketones (excluding diaryl/α,β-unsaturated/α-hetero) is 1. The number of aryl methyl sites for hydroxylation is 1. The van der Waals surface area contributed by atoms with Crippen LogP contribution in [-0.2, 0) is 4.79 Å². The fraction of sp³-hybridized carbons (Fsp3) is 0.571. The first-order valence-electron chi connectivity index (χ1n) is 6.72. The average molecular weight is 311 g/mol. The van der Waals surface area contributed by atoms with E-state index in [9.17, 15) is 14.4 Å². The number of nitrogens with one attached hydrogen (secondary N) is 2. The van der Waals surface area contributed by atoms with Crippen LogP contribution in [-0.4, -0.2) is 33.0 Å². The van der Waals surface area contributed by atoms with Gasteiger partial charge in [-0.05, 0) is 34.1 Å². The van der Waals surface area contributed by atoms with Gasteiger partial charge in [-0.1, -0.05) is 18.7 Å². The summed E-state index contributed by atoms with van der Waals surface area (Å²) in [6.45, 7) is 8.91. The molecule has 0 fully saturated rings. The molecule has 0 unspecified atom stereocenters. The first-order chi connectivity index (χ1) is 9.66. The van der Waals surface area contributed by atoms with Crippen molar-refractivity contribution in [3.63, 3.8) is 0 Å². The lowest BCUT2D eigenvalue weighted by Gasteiger charge is -2.24. The summed E-state index contributed by atoms with van der Waals surface area (Å²) < 4.78 is 0. The highest BCUT2D eigenvalue weighted by Gasteiger charge is 2.20. The summed E-state index contributed by atoms with van der Waals surface area (Å²) in [5.74, 6) is -0.228. The first kappa shape index (κ1) is 17.4. The second-order valence-electron chi connectivity index (χ2n) is 5.48. The number of carbonyl (C=O) groups is 2. The molecule has 0 saturated heterocycles. The SMILES string of the molecule is CCC(C)(C)NC(=O)CSc1nc(=O)[nH]c(C)c1C(C)=O. The van der Waals surface area contributed by atoms with E-state index in [1.807, 2.05) is 20.8 Å². The van der Waals surface area contributed by atoms with Gasteiger partial charge in [0.15, 0.2) is 5.78 Å². The highest BCUT2D eigenvalue weighted by molar-refractivity contribution is 8.00. The Kier molecular flexibility index (Phi) is 5.71. The van der Waals surface area contributed by atoms with Gasteiger partial charge in [-0.15, -0.1) is 0 Å². The van der Waals surface area contributed by atoms with Crippen molar-refractivity contribution in [1.82, 2.24) is 15.3 Å². The van der Waals surface area contributed by atoms with Gasteiger partial charge in [-0.3, -0.25) is 9.59 Å². The molecular weight excluding hydrogens is 290 g/mol. The van der Waals surface area contributed by atoms with Crippen LogP contribution < -0.4 is 11.0 Å². The Hall–Kier alpha value is -1.63. The van der Waals surface area contributed by atoms with Crippen LogP contribution in [0.25, 0.3) is 0 Å². The molecule has 116 valence electrons. The molecule has 0 aliphatic heterocycles. The molecule has 0 spiro atoms. The van der Waals surface area contributed by atoms with Crippen molar-refractivity contribution in [3.8, 4) is 0 Å². The number of amides is 1. The topological polar surface area (TPSA) is 91.9 Å². The number of aromatic nitrogens is 2. The quantitative estimate of drug-likeness (QED) is 0.474. The third-order valence-electron chi connectivity index (χ3n) is 3.14. The summed E-state index contributed by atoms with van der Waals surface area (Å²) in [6, 6.07) is 0. The van der Waals surface area contributed by atoms with Crippen LogP contribution >= 0.6 is 11.8 Å². The second-order valence-corrected chi connectivity index (χ2v) is 6.44. The summed E-state index contributed by atoms with van der Waals surface area (Å²) in [6.07, 6.45) is 0.810. The molecule has 0 bridgehead atoms. The third kappa shape index (κ3) is 5.00. The van der Waals surface area contributed by atoms with E-state index in [4.69, 9.17) is 0 Å². The molecule has 6 nitrogen and oxygen atoms in total. The highest BCUT2D eigenvalue weighted by Crippen LogP contribution is 2.21. The molecule has 1 rings (SSSR count). The normalized spacial score (nSPS) is 11.3. The Bertz CT molecular complexity index is 608. The predicted octanol–water partition coefficient (Wildman–Crippen LogP) is 1.68. The molecule has 1 aromatic heterocycles. The van der Waals surface area contributed by atoms with E-state index in [1.165, 1.54) is 6.92 Å². The lowest BCUT2D eigenvalue weighted by atomic mass is 10.0. The Morgan fingerprint density at radius 2 is 2.00 bits per heavy atom. The average Bonchev–Trinajstić information content (AvgIpc) is 2.34. The van der Waals surface area contributed by atoms with Gasteiger partial charge in [0.25, 0.3) is 0 Å². The number of thioether (sulfide) groups is 1.